The number of hydrogen-bond acceptors (Lipinski definition) is 3. The number of furan rings is 1. The van der Waals surface area contributed by atoms with Gasteiger partial charge in [0.25, 0.3) is 0 Å². The fraction of sp³-hybridized carbons (Fsp3) is 0. The fourth-order valence-electron chi connectivity index (χ4n) is 0.469. The fourth-order valence-corrected chi connectivity index (χ4v) is 0.789. The minimum absolute atomic E-state index is 0.643. The largest absolute Gasteiger partial charge is 0.462 e. The summed E-state index contributed by atoms with van der Waals surface area (Å²) in [5.74, 6) is 5.51. The molecule has 3 nitrogen and oxygen atoms in total. The summed E-state index contributed by atoms with van der Waals surface area (Å²) >= 11 is 3.21. The normalized spacial score (nSPS) is 10.8. The lowest BCUT2D eigenvalue weighted by Gasteiger charge is -1.75. The quantitative estimate of drug-likeness (QED) is 0.411. The standard InChI is InChI=1S/C5H5BrN2O/c6-4-1-5(2-8-7)9-3-4/h1-3H,7H2/b8-2+. The molecule has 0 atom stereocenters. The van der Waals surface area contributed by atoms with E-state index in [0.29, 0.717) is 5.76 Å². The first-order valence-electron chi connectivity index (χ1n) is 2.30. The number of rotatable bonds is 1. The minimum atomic E-state index is 0.643. The van der Waals surface area contributed by atoms with Gasteiger partial charge in [-0.25, -0.2) is 0 Å². The molecule has 0 aliphatic rings. The summed E-state index contributed by atoms with van der Waals surface area (Å²) in [4.78, 5) is 0. The highest BCUT2D eigenvalue weighted by Crippen LogP contribution is 2.11. The first-order chi connectivity index (χ1) is 4.33. The van der Waals surface area contributed by atoms with Gasteiger partial charge in [0, 0.05) is 0 Å². The predicted octanol–water partition coefficient (Wildman–Crippen LogP) is 1.33. The Kier molecular flexibility index (Phi) is 1.89. The maximum Gasteiger partial charge on any atom is 0.147 e. The maximum absolute atomic E-state index is 4.93. The molecule has 1 aromatic rings. The van der Waals surface area contributed by atoms with Crippen molar-refractivity contribution in [1.82, 2.24) is 0 Å². The van der Waals surface area contributed by atoms with Gasteiger partial charge < -0.3 is 10.3 Å². The molecule has 0 fully saturated rings. The summed E-state index contributed by atoms with van der Waals surface area (Å²) < 4.78 is 5.81. The van der Waals surface area contributed by atoms with Gasteiger partial charge >= 0.3 is 0 Å². The molecule has 1 aromatic heterocycles. The Labute approximate surface area is 60.7 Å². The average molecular weight is 189 g/mol. The number of hydrazone groups is 1. The van der Waals surface area contributed by atoms with Crippen molar-refractivity contribution in [3.05, 3.63) is 22.6 Å². The Bertz CT molecular complexity index is 218. The van der Waals surface area contributed by atoms with Crippen LogP contribution in [0.4, 0.5) is 0 Å². The lowest BCUT2D eigenvalue weighted by Crippen LogP contribution is -1.81. The molecule has 2 N–H and O–H groups in total. The average Bonchev–Trinajstić information content (AvgIpc) is 2.17. The van der Waals surface area contributed by atoms with Gasteiger partial charge in [-0.2, -0.15) is 5.10 Å². The molecule has 4 heteroatoms. The topological polar surface area (TPSA) is 51.5 Å². The minimum Gasteiger partial charge on any atom is -0.462 e. The van der Waals surface area contributed by atoms with Gasteiger partial charge in [-0.15, -0.1) is 0 Å². The summed E-state index contributed by atoms with van der Waals surface area (Å²) in [5.41, 5.74) is 0. The Morgan fingerprint density at radius 3 is 3.00 bits per heavy atom. The molecule has 0 aliphatic carbocycles. The number of halogens is 1. The highest BCUT2D eigenvalue weighted by Gasteiger charge is 1.92. The highest BCUT2D eigenvalue weighted by atomic mass is 79.9. The molecular formula is C5H5BrN2O. The summed E-state index contributed by atoms with van der Waals surface area (Å²) in [7, 11) is 0. The van der Waals surface area contributed by atoms with Gasteiger partial charge in [-0.1, -0.05) is 0 Å². The van der Waals surface area contributed by atoms with Crippen molar-refractivity contribution < 1.29 is 4.42 Å². The number of hydrogen-bond donors (Lipinski definition) is 1. The molecule has 0 aliphatic heterocycles. The zero-order valence-electron chi connectivity index (χ0n) is 4.54. The van der Waals surface area contributed by atoms with Crippen molar-refractivity contribution in [3.63, 3.8) is 0 Å². The van der Waals surface area contributed by atoms with Crippen LogP contribution in [0.25, 0.3) is 0 Å². The molecular weight excluding hydrogens is 184 g/mol. The first-order valence-corrected chi connectivity index (χ1v) is 3.09. The third-order valence-electron chi connectivity index (χ3n) is 0.790. The van der Waals surface area contributed by atoms with Crippen LogP contribution in [0.15, 0.2) is 26.3 Å². The van der Waals surface area contributed by atoms with Crippen LogP contribution in [0.5, 0.6) is 0 Å². The monoisotopic (exact) mass is 188 g/mol. The van der Waals surface area contributed by atoms with Gasteiger partial charge in [-0.05, 0) is 22.0 Å². The molecule has 0 saturated heterocycles. The van der Waals surface area contributed by atoms with Crippen LogP contribution in [-0.4, -0.2) is 6.21 Å². The third kappa shape index (κ3) is 1.57. The highest BCUT2D eigenvalue weighted by molar-refractivity contribution is 9.10. The number of nitrogens with zero attached hydrogens (tertiary/aromatic N) is 1. The van der Waals surface area contributed by atoms with E-state index in [-0.39, 0.29) is 0 Å². The second-order valence-corrected chi connectivity index (χ2v) is 2.36. The Hall–Kier alpha value is -0.770. The Morgan fingerprint density at radius 2 is 2.56 bits per heavy atom. The van der Waals surface area contributed by atoms with Gasteiger partial charge in [-0.3, -0.25) is 0 Å². The van der Waals surface area contributed by atoms with E-state index in [4.69, 9.17) is 10.3 Å². The molecule has 0 aromatic carbocycles. The van der Waals surface area contributed by atoms with Crippen LogP contribution in [-0.2, 0) is 0 Å². The van der Waals surface area contributed by atoms with Crippen molar-refractivity contribution in [3.8, 4) is 0 Å². The van der Waals surface area contributed by atoms with Crippen LogP contribution in [0.1, 0.15) is 5.76 Å². The molecule has 0 bridgehead atoms. The van der Waals surface area contributed by atoms with Crippen LogP contribution in [0.2, 0.25) is 0 Å². The van der Waals surface area contributed by atoms with Crippen molar-refractivity contribution >= 4 is 22.1 Å². The molecule has 48 valence electrons. The van der Waals surface area contributed by atoms with Crippen molar-refractivity contribution in [2.75, 3.05) is 0 Å². The van der Waals surface area contributed by atoms with Crippen molar-refractivity contribution in [2.45, 2.75) is 0 Å². The molecule has 0 radical (unpaired) electrons. The second kappa shape index (κ2) is 2.68. The van der Waals surface area contributed by atoms with E-state index in [0.717, 1.165) is 4.47 Å². The van der Waals surface area contributed by atoms with Crippen molar-refractivity contribution in [2.24, 2.45) is 10.9 Å². The maximum atomic E-state index is 4.93. The third-order valence-corrected chi connectivity index (χ3v) is 1.21. The van der Waals surface area contributed by atoms with Crippen LogP contribution in [0.3, 0.4) is 0 Å². The van der Waals surface area contributed by atoms with Crippen molar-refractivity contribution in [1.29, 1.82) is 0 Å². The summed E-state index contributed by atoms with van der Waals surface area (Å²) in [5, 5.41) is 3.28. The van der Waals surface area contributed by atoms with E-state index in [1.165, 1.54) is 6.21 Å². The molecule has 1 rings (SSSR count). The first kappa shape index (κ1) is 6.35. The Morgan fingerprint density at radius 1 is 1.78 bits per heavy atom. The lowest BCUT2D eigenvalue weighted by atomic mass is 10.5. The Balaban J connectivity index is 2.85. The molecule has 0 saturated carbocycles. The zero-order valence-corrected chi connectivity index (χ0v) is 6.13. The van der Waals surface area contributed by atoms with Crippen LogP contribution in [0, 0.1) is 0 Å². The van der Waals surface area contributed by atoms with Gasteiger partial charge in [0.05, 0.1) is 10.7 Å². The summed E-state index contributed by atoms with van der Waals surface area (Å²) in [6, 6.07) is 1.77. The van der Waals surface area contributed by atoms with Crippen LogP contribution < -0.4 is 5.84 Å². The molecule has 1 heterocycles. The van der Waals surface area contributed by atoms with E-state index in [9.17, 15) is 0 Å². The second-order valence-electron chi connectivity index (χ2n) is 1.45. The predicted molar refractivity (Wildman–Crippen MR) is 38.2 cm³/mol. The molecule has 0 amide bonds. The smallest absolute Gasteiger partial charge is 0.147 e. The zero-order chi connectivity index (χ0) is 6.69. The van der Waals surface area contributed by atoms with E-state index < -0.39 is 0 Å². The number of nitrogens with two attached hydrogens (primary N) is 1. The lowest BCUT2D eigenvalue weighted by molar-refractivity contribution is 0.559. The van der Waals surface area contributed by atoms with E-state index >= 15 is 0 Å². The molecule has 9 heavy (non-hydrogen) atoms. The SMILES string of the molecule is N/N=C/c1cc(Br)co1. The van der Waals surface area contributed by atoms with E-state index in [1.807, 2.05) is 0 Å². The molecule has 0 unspecified atom stereocenters. The van der Waals surface area contributed by atoms with E-state index in [1.54, 1.807) is 12.3 Å². The van der Waals surface area contributed by atoms with E-state index in [2.05, 4.69) is 21.0 Å². The molecule has 0 spiro atoms. The van der Waals surface area contributed by atoms with Gasteiger partial charge in [0.1, 0.15) is 12.0 Å². The summed E-state index contributed by atoms with van der Waals surface area (Å²) in [6.45, 7) is 0. The van der Waals surface area contributed by atoms with Crippen LogP contribution >= 0.6 is 15.9 Å². The van der Waals surface area contributed by atoms with Gasteiger partial charge in [0.2, 0.25) is 0 Å². The summed E-state index contributed by atoms with van der Waals surface area (Å²) in [6.07, 6.45) is 3.00. The van der Waals surface area contributed by atoms with Gasteiger partial charge in [0.15, 0.2) is 0 Å².